The highest BCUT2D eigenvalue weighted by molar-refractivity contribution is 6.00. The maximum Gasteiger partial charge on any atom is 0.410 e. The van der Waals surface area contributed by atoms with Crippen LogP contribution in [0.15, 0.2) is 41.3 Å². The Morgan fingerprint density at radius 3 is 2.33 bits per heavy atom. The zero-order valence-electron chi connectivity index (χ0n) is 28.5. The number of hydrogen-bond acceptors (Lipinski definition) is 9. The molecule has 3 aromatic rings. The number of nitrogens with zero attached hydrogens (tertiary/aromatic N) is 7. The molecule has 6 rings (SSSR count). The number of alkyl halides is 2. The third-order valence-corrected chi connectivity index (χ3v) is 9.53. The van der Waals surface area contributed by atoms with Gasteiger partial charge in [0, 0.05) is 52.4 Å². The van der Waals surface area contributed by atoms with Crippen LogP contribution >= 0.6 is 0 Å². The molecule has 1 unspecified atom stereocenters. The Labute approximate surface area is 282 Å². The van der Waals surface area contributed by atoms with Gasteiger partial charge in [-0.1, -0.05) is 12.1 Å². The predicted molar refractivity (Wildman–Crippen MR) is 177 cm³/mol. The van der Waals surface area contributed by atoms with Crippen molar-refractivity contribution < 1.29 is 32.6 Å². The molecule has 49 heavy (non-hydrogen) atoms. The van der Waals surface area contributed by atoms with E-state index >= 15 is 8.78 Å². The summed E-state index contributed by atoms with van der Waals surface area (Å²) >= 11 is 0. The van der Waals surface area contributed by atoms with Gasteiger partial charge in [0.25, 0.3) is 11.8 Å². The van der Waals surface area contributed by atoms with Crippen molar-refractivity contribution in [3.8, 4) is 5.75 Å². The quantitative estimate of drug-likeness (QED) is 0.360. The molecule has 0 spiro atoms. The number of anilines is 1. The molecular weight excluding hydrogens is 640 g/mol. The highest BCUT2D eigenvalue weighted by Gasteiger charge is 2.49. The minimum atomic E-state index is -3.12. The highest BCUT2D eigenvalue weighted by Crippen LogP contribution is 2.35. The van der Waals surface area contributed by atoms with Gasteiger partial charge in [-0.05, 0) is 57.4 Å². The van der Waals surface area contributed by atoms with Crippen molar-refractivity contribution in [3.63, 3.8) is 0 Å². The number of carbonyl (C=O) groups excluding carboxylic acids is 3. The number of halogens is 2. The molecule has 0 radical (unpaired) electrons. The van der Waals surface area contributed by atoms with Gasteiger partial charge >= 0.3 is 11.8 Å². The Morgan fingerprint density at radius 1 is 1.00 bits per heavy atom. The van der Waals surface area contributed by atoms with Crippen LogP contribution in [0.25, 0.3) is 11.0 Å². The maximum absolute atomic E-state index is 15.4. The van der Waals surface area contributed by atoms with Crippen molar-refractivity contribution in [1.82, 2.24) is 28.8 Å². The van der Waals surface area contributed by atoms with Gasteiger partial charge in [-0.2, -0.15) is 0 Å². The highest BCUT2D eigenvalue weighted by atomic mass is 19.3. The lowest BCUT2D eigenvalue weighted by atomic mass is 9.98. The van der Waals surface area contributed by atoms with Gasteiger partial charge < -0.3 is 19.3 Å². The SMILES string of the molecule is COc1ccc(CN2C(=O)CCC(n3c(=O)n(C)c4c(N5CCN([C@@H]6CCN(C(=O)OC(C)(C)C)CC6(F)F)CC5)nccc43)C2=O)cc1. The van der Waals surface area contributed by atoms with Crippen molar-refractivity contribution >= 4 is 34.8 Å². The largest absolute Gasteiger partial charge is 0.497 e. The van der Waals surface area contributed by atoms with Gasteiger partial charge in [-0.15, -0.1) is 0 Å². The molecule has 3 aliphatic heterocycles. The summed E-state index contributed by atoms with van der Waals surface area (Å²) in [5.41, 5.74) is 0.618. The molecule has 2 aromatic heterocycles. The molecule has 5 heterocycles. The fourth-order valence-electron chi connectivity index (χ4n) is 7.09. The Bertz CT molecular complexity index is 1790. The summed E-state index contributed by atoms with van der Waals surface area (Å²) in [7, 11) is 3.18. The smallest absolute Gasteiger partial charge is 0.410 e. The van der Waals surface area contributed by atoms with E-state index in [-0.39, 0.29) is 38.3 Å². The van der Waals surface area contributed by atoms with E-state index in [4.69, 9.17) is 9.47 Å². The van der Waals surface area contributed by atoms with Crippen LogP contribution in [-0.4, -0.2) is 111 Å². The Hall–Kier alpha value is -4.53. The van der Waals surface area contributed by atoms with E-state index in [1.165, 1.54) is 14.0 Å². The van der Waals surface area contributed by atoms with E-state index in [9.17, 15) is 19.2 Å². The first kappa shape index (κ1) is 34.3. The monoisotopic (exact) mass is 683 g/mol. The number of aromatic nitrogens is 3. The Kier molecular flexibility index (Phi) is 9.15. The molecule has 0 N–H and O–H groups in total. The van der Waals surface area contributed by atoms with Crippen LogP contribution < -0.4 is 15.3 Å². The summed E-state index contributed by atoms with van der Waals surface area (Å²) in [5.74, 6) is -2.69. The minimum absolute atomic E-state index is 0.0772. The van der Waals surface area contributed by atoms with Gasteiger partial charge in [0.15, 0.2) is 5.82 Å². The van der Waals surface area contributed by atoms with E-state index in [0.717, 1.165) is 10.5 Å². The zero-order valence-corrected chi connectivity index (χ0v) is 28.5. The number of aryl methyl sites for hydroxylation is 1. The van der Waals surface area contributed by atoms with Crippen molar-refractivity contribution in [2.45, 2.75) is 70.2 Å². The standard InChI is InChI=1S/C34H43F2N7O6/c1-33(2,3)49-32(47)41-15-13-26(34(35,36)21-41)39-16-18-40(19-17-39)29-28-24(12-14-37-29)43(31(46)38(28)4)25-10-11-27(44)42(30(25)45)20-22-6-8-23(48-5)9-7-22/h6-9,12,14,25-26H,10-11,13,15-21H2,1-5H3/t25?,26-/m1/s1. The molecule has 264 valence electrons. The van der Waals surface area contributed by atoms with Crippen LogP contribution in [0.4, 0.5) is 19.4 Å². The number of likely N-dealkylation sites (tertiary alicyclic amines) is 2. The van der Waals surface area contributed by atoms with Gasteiger partial charge in [0.2, 0.25) is 5.91 Å². The fraction of sp³-hybridized carbons (Fsp3) is 0.559. The average molecular weight is 684 g/mol. The van der Waals surface area contributed by atoms with E-state index in [0.29, 0.717) is 48.8 Å². The van der Waals surface area contributed by atoms with Crippen molar-refractivity contribution in [3.05, 3.63) is 52.6 Å². The topological polar surface area (TPSA) is 122 Å². The first-order chi connectivity index (χ1) is 23.2. The first-order valence-electron chi connectivity index (χ1n) is 16.6. The molecule has 3 amide bonds. The number of benzene rings is 1. The molecule has 0 bridgehead atoms. The summed E-state index contributed by atoms with van der Waals surface area (Å²) in [6.07, 6.45) is 1.25. The van der Waals surface area contributed by atoms with Crippen LogP contribution in [0.2, 0.25) is 0 Å². The molecule has 3 fully saturated rings. The number of imidazole rings is 1. The predicted octanol–water partition coefficient (Wildman–Crippen LogP) is 3.40. The maximum atomic E-state index is 15.4. The molecule has 3 aliphatic rings. The van der Waals surface area contributed by atoms with Gasteiger partial charge in [-0.25, -0.2) is 23.4 Å². The summed E-state index contributed by atoms with van der Waals surface area (Å²) in [6.45, 7) is 6.11. The third-order valence-electron chi connectivity index (χ3n) is 9.53. The molecule has 0 aliphatic carbocycles. The summed E-state index contributed by atoms with van der Waals surface area (Å²) in [4.78, 5) is 63.5. The lowest BCUT2D eigenvalue weighted by Crippen LogP contribution is -2.62. The van der Waals surface area contributed by atoms with Crippen molar-refractivity contribution in [2.24, 2.45) is 7.05 Å². The van der Waals surface area contributed by atoms with Crippen LogP contribution in [0.3, 0.4) is 0 Å². The van der Waals surface area contributed by atoms with E-state index < -0.39 is 47.8 Å². The Morgan fingerprint density at radius 2 is 1.69 bits per heavy atom. The number of imide groups is 1. The number of ether oxygens (including phenoxy) is 2. The number of rotatable bonds is 6. The Balaban J connectivity index is 1.18. The molecule has 13 nitrogen and oxygen atoms in total. The van der Waals surface area contributed by atoms with Crippen molar-refractivity contribution in [1.29, 1.82) is 0 Å². The van der Waals surface area contributed by atoms with Crippen LogP contribution in [0.1, 0.15) is 51.6 Å². The van der Waals surface area contributed by atoms with Gasteiger partial charge in [-0.3, -0.25) is 28.5 Å². The number of piperidine rings is 2. The minimum Gasteiger partial charge on any atom is -0.497 e. The lowest BCUT2D eigenvalue weighted by molar-refractivity contribution is -0.151. The van der Waals surface area contributed by atoms with Crippen LogP contribution in [0, 0.1) is 0 Å². The second-order valence-corrected chi connectivity index (χ2v) is 13.9. The molecule has 3 saturated heterocycles. The number of carbonyl (C=O) groups is 3. The van der Waals surface area contributed by atoms with Gasteiger partial charge in [0.1, 0.15) is 22.9 Å². The zero-order chi connectivity index (χ0) is 35.2. The fourth-order valence-corrected chi connectivity index (χ4v) is 7.09. The van der Waals surface area contributed by atoms with E-state index in [1.807, 2.05) is 4.90 Å². The summed E-state index contributed by atoms with van der Waals surface area (Å²) in [6, 6.07) is 6.88. The number of pyridine rings is 1. The number of amides is 3. The molecule has 15 heteroatoms. The second kappa shape index (κ2) is 13.1. The molecule has 0 saturated carbocycles. The third kappa shape index (κ3) is 6.72. The summed E-state index contributed by atoms with van der Waals surface area (Å²) in [5, 5.41) is 0. The second-order valence-electron chi connectivity index (χ2n) is 13.9. The normalized spacial score (nSPS) is 22.1. The molecule has 1 aromatic carbocycles. The van der Waals surface area contributed by atoms with Crippen molar-refractivity contribution in [2.75, 3.05) is 51.3 Å². The number of fused-ring (bicyclic) bond motifs is 1. The average Bonchev–Trinajstić information content (AvgIpc) is 3.31. The lowest BCUT2D eigenvalue weighted by Gasteiger charge is -2.46. The summed E-state index contributed by atoms with van der Waals surface area (Å²) < 4.78 is 44.3. The van der Waals surface area contributed by atoms with E-state index in [2.05, 4.69) is 4.98 Å². The van der Waals surface area contributed by atoms with Crippen LogP contribution in [-0.2, 0) is 27.9 Å². The van der Waals surface area contributed by atoms with Crippen LogP contribution in [0.5, 0.6) is 5.75 Å². The molecular formula is C34H43F2N7O6. The number of methoxy groups -OCH3 is 1. The first-order valence-corrected chi connectivity index (χ1v) is 16.6. The van der Waals surface area contributed by atoms with Gasteiger partial charge in [0.05, 0.1) is 31.8 Å². The number of hydrogen-bond donors (Lipinski definition) is 0. The molecule has 2 atom stereocenters. The number of piperazine rings is 1. The van der Waals surface area contributed by atoms with E-state index in [1.54, 1.807) is 76.4 Å².